The average molecular weight is 789 g/mol. The summed E-state index contributed by atoms with van der Waals surface area (Å²) in [7, 11) is 0.854. The van der Waals surface area contributed by atoms with Gasteiger partial charge in [-0.25, -0.2) is 4.79 Å². The Balaban J connectivity index is 1.88. The minimum absolute atomic E-state index is 0.00421. The fourth-order valence-corrected chi connectivity index (χ4v) is 8.65. The molecule has 8 atom stereocenters. The van der Waals surface area contributed by atoms with Crippen molar-refractivity contribution >= 4 is 25.4 Å². The highest BCUT2D eigenvalue weighted by molar-refractivity contribution is 6.72. The van der Waals surface area contributed by atoms with E-state index in [2.05, 4.69) is 118 Å². The second-order valence-electron chi connectivity index (χ2n) is 17.4. The Morgan fingerprint density at radius 2 is 1.57 bits per heavy atom. The van der Waals surface area contributed by atoms with Crippen LogP contribution < -0.4 is 10.4 Å². The fraction of sp³-hybridized carbons (Fsp3) is 0.562. The van der Waals surface area contributed by atoms with Gasteiger partial charge < -0.3 is 28.2 Å². The Morgan fingerprint density at radius 1 is 0.893 bits per heavy atom. The van der Waals surface area contributed by atoms with E-state index in [0.717, 1.165) is 41.5 Å². The smallest absolute Gasteiger partial charge is 0.336 e. The quantitative estimate of drug-likeness (QED) is 0.0443. The third-order valence-electron chi connectivity index (χ3n) is 12.0. The molecular formula is C48H72O7Si. The van der Waals surface area contributed by atoms with E-state index in [0.29, 0.717) is 24.0 Å². The third kappa shape index (κ3) is 14.0. The molecule has 3 rings (SSSR count). The zero-order valence-electron chi connectivity index (χ0n) is 36.6. The molecule has 0 saturated heterocycles. The predicted octanol–water partition coefficient (Wildman–Crippen LogP) is 11.9. The van der Waals surface area contributed by atoms with Crippen molar-refractivity contribution in [1.82, 2.24) is 0 Å². The van der Waals surface area contributed by atoms with E-state index in [-0.39, 0.29) is 53.3 Å². The molecule has 1 N–H and O–H groups in total. The lowest BCUT2D eigenvalue weighted by molar-refractivity contribution is -0.0947. The molecule has 7 nitrogen and oxygen atoms in total. The molecule has 0 saturated carbocycles. The average Bonchev–Trinajstić information content (AvgIpc) is 3.14. The van der Waals surface area contributed by atoms with Gasteiger partial charge in [0.1, 0.15) is 18.1 Å². The van der Waals surface area contributed by atoms with Gasteiger partial charge in [-0.05, 0) is 104 Å². The summed E-state index contributed by atoms with van der Waals surface area (Å²) >= 11 is 0. The molecule has 2 unspecified atom stereocenters. The van der Waals surface area contributed by atoms with Crippen molar-refractivity contribution in [3.63, 3.8) is 0 Å². The van der Waals surface area contributed by atoms with Gasteiger partial charge >= 0.3 is 5.63 Å². The van der Waals surface area contributed by atoms with E-state index in [1.54, 1.807) is 20.3 Å². The maximum absolute atomic E-state index is 11.6. The molecular weight excluding hydrogens is 717 g/mol. The Hall–Kier alpha value is -3.27. The van der Waals surface area contributed by atoms with Gasteiger partial charge in [-0.2, -0.15) is 0 Å². The molecule has 56 heavy (non-hydrogen) atoms. The van der Waals surface area contributed by atoms with Crippen LogP contribution in [0.25, 0.3) is 17.0 Å². The molecule has 0 aliphatic heterocycles. The minimum Gasteiger partial charge on any atom is -0.497 e. The van der Waals surface area contributed by atoms with Crippen molar-refractivity contribution in [1.29, 1.82) is 0 Å². The molecule has 0 radical (unpaired) electrons. The lowest BCUT2D eigenvalue weighted by atomic mass is 9.71. The maximum atomic E-state index is 11.6. The largest absolute Gasteiger partial charge is 0.497 e. The van der Waals surface area contributed by atoms with E-state index >= 15 is 0 Å². The number of hydrogen-bond acceptors (Lipinski definition) is 7. The van der Waals surface area contributed by atoms with Crippen molar-refractivity contribution in [3.05, 3.63) is 106 Å². The maximum Gasteiger partial charge on any atom is 0.336 e. The Morgan fingerprint density at radius 3 is 2.20 bits per heavy atom. The first kappa shape index (κ1) is 47.1. The van der Waals surface area contributed by atoms with Crippen LogP contribution in [0.3, 0.4) is 0 Å². The molecule has 0 bridgehead atoms. The van der Waals surface area contributed by atoms with Crippen LogP contribution in [0.1, 0.15) is 92.7 Å². The van der Waals surface area contributed by atoms with Crippen LogP contribution in [0.2, 0.25) is 18.1 Å². The highest BCUT2D eigenvalue weighted by atomic mass is 28.4. The van der Waals surface area contributed by atoms with E-state index in [1.807, 2.05) is 30.3 Å². The highest BCUT2D eigenvalue weighted by Crippen LogP contribution is 2.47. The summed E-state index contributed by atoms with van der Waals surface area (Å²) in [6.07, 6.45) is 14.0. The van der Waals surface area contributed by atoms with Crippen LogP contribution in [-0.4, -0.2) is 46.3 Å². The zero-order chi connectivity index (χ0) is 41.6. The van der Waals surface area contributed by atoms with Crippen LogP contribution in [0.5, 0.6) is 5.75 Å². The first-order chi connectivity index (χ1) is 26.4. The SMILES string of the molecule is CC/C=C\C(C)[C@H](OCc1ccc(OC)cc1)[C@@H](C)[C@H](CC(C)(C)[Si](C)(C)O)[C@@H](C)C/C(C)=C\[C@H](C)[C@@H](OCOC)C(C)/C=C\c1ccc2oc(=O)ccc2c1. The van der Waals surface area contributed by atoms with Crippen LogP contribution in [0, 0.1) is 35.5 Å². The molecule has 0 amide bonds. The van der Waals surface area contributed by atoms with Crippen LogP contribution in [-0.2, 0) is 20.8 Å². The second-order valence-corrected chi connectivity index (χ2v) is 21.8. The standard InChI is InChI=1S/C48H72O7Si/c1-14-15-16-34(3)47(53-31-40-19-23-42(52-11)24-20-40)38(7)43(30-48(8,9)56(12,13)50)36(5)27-33(2)28-37(6)46(54-32-51-10)35(4)17-18-39-21-25-44-41(29-39)22-26-45(49)55-44/h15-26,28-29,34-38,43,46-47,50H,14,27,30-32H2,1-13H3/b16-15-,18-17-,33-28-/t34?,35?,36-,37-,38-,43+,46-,47-/m0/s1. The number of benzene rings is 2. The van der Waals surface area contributed by atoms with E-state index < -0.39 is 8.32 Å². The van der Waals surface area contributed by atoms with Gasteiger partial charge in [-0.15, -0.1) is 0 Å². The monoisotopic (exact) mass is 789 g/mol. The summed E-state index contributed by atoms with van der Waals surface area (Å²) in [4.78, 5) is 23.1. The summed E-state index contributed by atoms with van der Waals surface area (Å²) in [6.45, 7) is 25.3. The number of rotatable bonds is 23. The van der Waals surface area contributed by atoms with Crippen molar-refractivity contribution in [2.75, 3.05) is 21.0 Å². The topological polar surface area (TPSA) is 87.4 Å². The number of ether oxygens (including phenoxy) is 4. The van der Waals surface area contributed by atoms with Gasteiger partial charge in [0.2, 0.25) is 0 Å². The molecule has 8 heteroatoms. The molecule has 0 aliphatic rings. The number of fused-ring (bicyclic) bond motifs is 1. The fourth-order valence-electron chi connectivity index (χ4n) is 7.91. The Bertz CT molecular complexity index is 1770. The number of allylic oxidation sites excluding steroid dienone is 2. The molecule has 0 fully saturated rings. The molecule has 310 valence electrons. The van der Waals surface area contributed by atoms with Gasteiger partial charge in [-0.3, -0.25) is 0 Å². The first-order valence-corrected chi connectivity index (χ1v) is 23.5. The normalized spacial score (nSPS) is 17.5. The van der Waals surface area contributed by atoms with Crippen molar-refractivity contribution in [3.8, 4) is 5.75 Å². The van der Waals surface area contributed by atoms with Gasteiger partial charge in [-0.1, -0.05) is 110 Å². The van der Waals surface area contributed by atoms with E-state index in [1.165, 1.54) is 11.6 Å². The summed E-state index contributed by atoms with van der Waals surface area (Å²) in [5.41, 5.74) is 3.71. The van der Waals surface area contributed by atoms with Crippen molar-refractivity contribution < 1.29 is 28.2 Å². The van der Waals surface area contributed by atoms with E-state index in [4.69, 9.17) is 23.4 Å². The number of hydrogen-bond donors (Lipinski definition) is 1. The Labute approximate surface area is 339 Å². The van der Waals surface area contributed by atoms with Crippen LogP contribution in [0.4, 0.5) is 0 Å². The predicted molar refractivity (Wildman–Crippen MR) is 235 cm³/mol. The van der Waals surface area contributed by atoms with Crippen molar-refractivity contribution in [2.45, 2.75) is 119 Å². The third-order valence-corrected chi connectivity index (χ3v) is 15.5. The minimum atomic E-state index is -2.49. The number of methoxy groups -OCH3 is 2. The van der Waals surface area contributed by atoms with E-state index in [9.17, 15) is 9.59 Å². The molecule has 0 spiro atoms. The van der Waals surface area contributed by atoms with Gasteiger partial charge in [0, 0.05) is 36.3 Å². The van der Waals surface area contributed by atoms with Gasteiger partial charge in [0.15, 0.2) is 8.32 Å². The van der Waals surface area contributed by atoms with Crippen LogP contribution >= 0.6 is 0 Å². The molecule has 1 heterocycles. The van der Waals surface area contributed by atoms with Gasteiger partial charge in [0.05, 0.1) is 25.9 Å². The first-order valence-electron chi connectivity index (χ1n) is 20.5. The molecule has 0 aliphatic carbocycles. The molecule has 3 aromatic rings. The lowest BCUT2D eigenvalue weighted by Gasteiger charge is -2.44. The summed E-state index contributed by atoms with van der Waals surface area (Å²) < 4.78 is 29.3. The van der Waals surface area contributed by atoms with Crippen molar-refractivity contribution in [2.24, 2.45) is 35.5 Å². The molecule has 2 aromatic carbocycles. The molecule has 1 aromatic heterocycles. The Kier molecular flexibility index (Phi) is 18.5. The van der Waals surface area contributed by atoms with Crippen LogP contribution in [0.15, 0.2) is 93.7 Å². The van der Waals surface area contributed by atoms with Gasteiger partial charge in [0.25, 0.3) is 0 Å². The zero-order valence-corrected chi connectivity index (χ0v) is 37.6. The summed E-state index contributed by atoms with van der Waals surface area (Å²) in [5.74, 6) is 2.15. The summed E-state index contributed by atoms with van der Waals surface area (Å²) in [5, 5.41) is 0.698. The summed E-state index contributed by atoms with van der Waals surface area (Å²) in [6, 6.07) is 17.2. The highest BCUT2D eigenvalue weighted by Gasteiger charge is 2.43. The lowest BCUT2D eigenvalue weighted by Crippen LogP contribution is -2.44. The second kappa shape index (κ2) is 22.0.